The summed E-state index contributed by atoms with van der Waals surface area (Å²) < 4.78 is 0. The summed E-state index contributed by atoms with van der Waals surface area (Å²) in [5.74, 6) is 3.26. The number of hydrogen-bond donors (Lipinski definition) is 0. The molecule has 0 radical (unpaired) electrons. The minimum atomic E-state index is 0. The number of hydrogen-bond acceptors (Lipinski definition) is 0. The Labute approximate surface area is 200 Å². The first kappa shape index (κ1) is 25.0. The van der Waals surface area contributed by atoms with Crippen LogP contribution in [0.25, 0.3) is 11.1 Å². The molecule has 0 nitrogen and oxygen atoms in total. The maximum atomic E-state index is 5.68. The monoisotopic (exact) mass is 486 g/mol. The average Bonchev–Trinajstić information content (AvgIpc) is 3.22. The third-order valence-corrected chi connectivity index (χ3v) is 6.11. The van der Waals surface area contributed by atoms with Crippen LogP contribution in [-0.4, -0.2) is 0 Å². The molecule has 1 atom stereocenters. The smallest absolute Gasteiger partial charge is 0.0193 e. The molecule has 1 unspecified atom stereocenters. The van der Waals surface area contributed by atoms with Crippen molar-refractivity contribution in [2.45, 2.75) is 39.0 Å². The third-order valence-electron chi connectivity index (χ3n) is 6.11. The minimum absolute atomic E-state index is 0. The van der Waals surface area contributed by atoms with Crippen molar-refractivity contribution in [1.29, 1.82) is 0 Å². The zero-order chi connectivity index (χ0) is 17.4. The molecule has 2 aromatic rings. The van der Waals surface area contributed by atoms with E-state index >= 15 is 0 Å². The Balaban J connectivity index is 0.00000131. The van der Waals surface area contributed by atoms with Crippen molar-refractivity contribution in [3.8, 4) is 23.5 Å². The molecule has 0 amide bonds. The topological polar surface area (TPSA) is 0 Å². The largest absolute Gasteiger partial charge is 0.147 e. The summed E-state index contributed by atoms with van der Waals surface area (Å²) >= 11 is 0. The predicted molar refractivity (Wildman–Crippen MR) is 121 cm³/mol. The van der Waals surface area contributed by atoms with Gasteiger partial charge in [0.2, 0.25) is 0 Å². The Bertz CT molecular complexity index is 890. The van der Waals surface area contributed by atoms with Crippen LogP contribution in [0, 0.1) is 17.8 Å². The molecule has 0 N–H and O–H groups in total. The van der Waals surface area contributed by atoms with Gasteiger partial charge in [-0.25, -0.2) is 0 Å². The van der Waals surface area contributed by atoms with Gasteiger partial charge in [0, 0.05) is 44.0 Å². The van der Waals surface area contributed by atoms with Crippen molar-refractivity contribution in [2.24, 2.45) is 5.41 Å². The van der Waals surface area contributed by atoms with E-state index in [1.165, 1.54) is 27.8 Å². The molecular weight excluding hydrogens is 462 g/mol. The van der Waals surface area contributed by atoms with Gasteiger partial charge in [-0.1, -0.05) is 78.8 Å². The number of benzene rings is 2. The first-order chi connectivity index (χ1) is 12.2. The van der Waals surface area contributed by atoms with Gasteiger partial charge in [-0.3, -0.25) is 0 Å². The number of rotatable bonds is 4. The molecule has 28 heavy (non-hydrogen) atoms. The molecule has 0 aromatic heterocycles. The van der Waals surface area contributed by atoms with Crippen LogP contribution in [-0.2, 0) is 26.2 Å². The summed E-state index contributed by atoms with van der Waals surface area (Å²) in [5, 5.41) is 0. The third kappa shape index (κ3) is 3.98. The molecule has 0 spiro atoms. The summed E-state index contributed by atoms with van der Waals surface area (Å²) in [5.41, 5.74) is 8.70. The summed E-state index contributed by atoms with van der Waals surface area (Å²) in [4.78, 5) is 0. The van der Waals surface area contributed by atoms with E-state index < -0.39 is 0 Å². The fraction of sp³-hybridized carbons (Fsp3) is 0.280. The van der Waals surface area contributed by atoms with Crippen molar-refractivity contribution in [2.75, 3.05) is 0 Å². The van der Waals surface area contributed by atoms with Gasteiger partial charge in [0.25, 0.3) is 0 Å². The molecular formula is C25H26Cl2Zr. The normalized spacial score (nSPS) is 16.0. The van der Waals surface area contributed by atoms with Crippen LogP contribution in [0.15, 0.2) is 71.8 Å². The molecule has 0 fully saturated rings. The Hall–Kier alpha value is -1.06. The molecule has 0 saturated carbocycles. The van der Waals surface area contributed by atoms with Crippen molar-refractivity contribution < 1.29 is 26.2 Å². The van der Waals surface area contributed by atoms with Gasteiger partial charge in [-0.05, 0) is 42.0 Å². The van der Waals surface area contributed by atoms with E-state index in [1.807, 2.05) is 0 Å². The molecule has 0 saturated heterocycles. The van der Waals surface area contributed by atoms with Crippen molar-refractivity contribution in [3.05, 3.63) is 83.0 Å². The zero-order valence-electron chi connectivity index (χ0n) is 16.4. The molecule has 3 heteroatoms. The first-order valence-corrected chi connectivity index (χ1v) is 9.15. The first-order valence-electron chi connectivity index (χ1n) is 9.15. The fourth-order valence-electron chi connectivity index (χ4n) is 4.94. The second-order valence-electron chi connectivity index (χ2n) is 7.50. The van der Waals surface area contributed by atoms with Crippen LogP contribution in [0.5, 0.6) is 0 Å². The quantitative estimate of drug-likeness (QED) is 0.395. The van der Waals surface area contributed by atoms with Gasteiger partial charge >= 0.3 is 0 Å². The summed E-state index contributed by atoms with van der Waals surface area (Å²) in [6.45, 7) is 4.68. The molecule has 2 aromatic carbocycles. The summed E-state index contributed by atoms with van der Waals surface area (Å²) in [6.07, 6.45) is 13.1. The Morgan fingerprint density at radius 1 is 1.00 bits per heavy atom. The Kier molecular flexibility index (Phi) is 9.03. The van der Waals surface area contributed by atoms with Crippen molar-refractivity contribution >= 4 is 24.8 Å². The van der Waals surface area contributed by atoms with Crippen LogP contribution in [0.1, 0.15) is 50.2 Å². The van der Waals surface area contributed by atoms with E-state index in [1.54, 1.807) is 5.57 Å². The molecule has 2 aliphatic rings. The maximum absolute atomic E-state index is 5.68. The van der Waals surface area contributed by atoms with Crippen LogP contribution < -0.4 is 0 Å². The van der Waals surface area contributed by atoms with Gasteiger partial charge in [-0.2, -0.15) is 0 Å². The molecule has 0 bridgehead atoms. The molecule has 2 aliphatic carbocycles. The zero-order valence-corrected chi connectivity index (χ0v) is 20.5. The van der Waals surface area contributed by atoms with Gasteiger partial charge in [-0.15, -0.1) is 37.2 Å². The van der Waals surface area contributed by atoms with Crippen LogP contribution >= 0.6 is 24.8 Å². The van der Waals surface area contributed by atoms with Gasteiger partial charge in [0.15, 0.2) is 0 Å². The Morgan fingerprint density at radius 2 is 1.54 bits per heavy atom. The number of terminal acetylenes is 1. The van der Waals surface area contributed by atoms with E-state index in [9.17, 15) is 0 Å². The Morgan fingerprint density at radius 3 is 2.00 bits per heavy atom. The van der Waals surface area contributed by atoms with Gasteiger partial charge in [0.05, 0.1) is 0 Å². The van der Waals surface area contributed by atoms with Crippen LogP contribution in [0.3, 0.4) is 0 Å². The van der Waals surface area contributed by atoms with Gasteiger partial charge < -0.3 is 0 Å². The average molecular weight is 489 g/mol. The minimum Gasteiger partial charge on any atom is -0.147 e. The SMILES string of the molecule is C#CCCC(C)(C1=C(C)C=CC1)C1c2ccccc2-c2ccccc21.Cl.Cl.[Zr]. The molecule has 0 aliphatic heterocycles. The standard InChI is InChI=1S/C25H24.2ClH.Zr/c1-4-5-17-25(3,23-16-10-11-18(23)2)24-21-14-8-6-12-19(21)20-13-7-9-15-22(20)24;;;/h1,6-15,24H,5,16-17H2,2-3H3;2*1H;. The summed E-state index contributed by atoms with van der Waals surface area (Å²) in [6, 6.07) is 17.8. The van der Waals surface area contributed by atoms with E-state index in [-0.39, 0.29) is 56.4 Å². The van der Waals surface area contributed by atoms with Crippen LogP contribution in [0.2, 0.25) is 0 Å². The molecule has 144 valence electrons. The number of fused-ring (bicyclic) bond motifs is 3. The summed E-state index contributed by atoms with van der Waals surface area (Å²) in [7, 11) is 0. The fourth-order valence-corrected chi connectivity index (χ4v) is 4.94. The van der Waals surface area contributed by atoms with E-state index in [2.05, 4.69) is 80.5 Å². The van der Waals surface area contributed by atoms with E-state index in [4.69, 9.17) is 6.42 Å². The van der Waals surface area contributed by atoms with Gasteiger partial charge in [0.1, 0.15) is 0 Å². The van der Waals surface area contributed by atoms with E-state index in [0.717, 1.165) is 19.3 Å². The number of halogens is 2. The predicted octanol–water partition coefficient (Wildman–Crippen LogP) is 7.34. The number of allylic oxidation sites excluding steroid dienone is 4. The second-order valence-corrected chi connectivity index (χ2v) is 7.50. The van der Waals surface area contributed by atoms with Crippen molar-refractivity contribution in [1.82, 2.24) is 0 Å². The van der Waals surface area contributed by atoms with Crippen molar-refractivity contribution in [3.63, 3.8) is 0 Å². The molecule has 0 heterocycles. The second kappa shape index (κ2) is 10.1. The van der Waals surface area contributed by atoms with Crippen LogP contribution in [0.4, 0.5) is 0 Å². The maximum Gasteiger partial charge on any atom is 0.0193 e. The van der Waals surface area contributed by atoms with E-state index in [0.29, 0.717) is 5.92 Å². The molecule has 4 rings (SSSR count).